The zero-order valence-corrected chi connectivity index (χ0v) is 16.2. The first kappa shape index (κ1) is 18.8. The van der Waals surface area contributed by atoms with Gasteiger partial charge in [-0.25, -0.2) is 4.98 Å². The minimum atomic E-state index is -0.202. The molecule has 0 spiro atoms. The van der Waals surface area contributed by atoms with E-state index >= 15 is 0 Å². The van der Waals surface area contributed by atoms with E-state index < -0.39 is 0 Å². The van der Waals surface area contributed by atoms with E-state index in [1.165, 1.54) is 18.1 Å². The van der Waals surface area contributed by atoms with E-state index in [4.69, 9.17) is 23.2 Å². The number of benzene rings is 2. The van der Waals surface area contributed by atoms with Crippen LogP contribution in [0.1, 0.15) is 34.5 Å². The number of amides is 1. The molecular weight excluding hydrogens is 391 g/mol. The van der Waals surface area contributed by atoms with Gasteiger partial charge in [-0.2, -0.15) is 5.10 Å². The number of aromatic amines is 1. The number of hydrogen-bond donors (Lipinski definition) is 2. The van der Waals surface area contributed by atoms with Crippen molar-refractivity contribution in [3.05, 3.63) is 75.5 Å². The number of aromatic nitrogens is 3. The highest BCUT2D eigenvalue weighted by molar-refractivity contribution is 7.98. The van der Waals surface area contributed by atoms with Crippen LogP contribution in [0.5, 0.6) is 0 Å². The van der Waals surface area contributed by atoms with Gasteiger partial charge in [0.2, 0.25) is 0 Å². The van der Waals surface area contributed by atoms with Gasteiger partial charge in [0.25, 0.3) is 5.91 Å². The second kappa shape index (κ2) is 8.58. The van der Waals surface area contributed by atoms with Crippen molar-refractivity contribution in [1.29, 1.82) is 0 Å². The number of thioether (sulfide) groups is 1. The summed E-state index contributed by atoms with van der Waals surface area (Å²) in [6, 6.07) is 12.6. The van der Waals surface area contributed by atoms with E-state index in [-0.39, 0.29) is 11.9 Å². The molecule has 3 aromatic rings. The third-order valence-electron chi connectivity index (χ3n) is 3.81. The Morgan fingerprint density at radius 3 is 2.77 bits per heavy atom. The molecule has 0 aliphatic rings. The summed E-state index contributed by atoms with van der Waals surface area (Å²) >= 11 is 13.5. The Balaban J connectivity index is 1.71. The number of carbonyl (C=O) groups is 1. The van der Waals surface area contributed by atoms with Gasteiger partial charge in [-0.1, -0.05) is 59.2 Å². The van der Waals surface area contributed by atoms with Crippen LogP contribution in [-0.4, -0.2) is 21.1 Å². The van der Waals surface area contributed by atoms with Crippen LogP contribution in [0, 0.1) is 0 Å². The van der Waals surface area contributed by atoms with Gasteiger partial charge in [0.05, 0.1) is 16.1 Å². The van der Waals surface area contributed by atoms with Gasteiger partial charge in [0.1, 0.15) is 6.33 Å². The summed E-state index contributed by atoms with van der Waals surface area (Å²) in [5.74, 6) is 0.470. The molecule has 1 heterocycles. The van der Waals surface area contributed by atoms with Crippen LogP contribution >= 0.6 is 35.0 Å². The summed E-state index contributed by atoms with van der Waals surface area (Å²) in [5, 5.41) is 11.3. The minimum absolute atomic E-state index is 0.141. The van der Waals surface area contributed by atoms with Crippen molar-refractivity contribution in [2.45, 2.75) is 23.9 Å². The molecule has 3 rings (SSSR count). The SMILES string of the molecule is CC(NC(=O)c1ccccc1CSc1ncn[nH]1)c1ccc(Cl)c(Cl)c1. The molecule has 8 heteroatoms. The molecule has 26 heavy (non-hydrogen) atoms. The Hall–Kier alpha value is -2.02. The molecule has 134 valence electrons. The summed E-state index contributed by atoms with van der Waals surface area (Å²) in [6.07, 6.45) is 1.46. The molecule has 1 aromatic heterocycles. The monoisotopic (exact) mass is 406 g/mol. The third-order valence-corrected chi connectivity index (χ3v) is 5.48. The molecule has 0 fully saturated rings. The average Bonchev–Trinajstić information content (AvgIpc) is 3.16. The number of halogens is 2. The molecule has 0 aliphatic carbocycles. The fraction of sp³-hybridized carbons (Fsp3) is 0.167. The highest BCUT2D eigenvalue weighted by Crippen LogP contribution is 2.26. The van der Waals surface area contributed by atoms with Crippen molar-refractivity contribution in [3.63, 3.8) is 0 Å². The smallest absolute Gasteiger partial charge is 0.252 e. The van der Waals surface area contributed by atoms with Crippen molar-refractivity contribution >= 4 is 40.9 Å². The van der Waals surface area contributed by atoms with Crippen molar-refractivity contribution in [2.75, 3.05) is 0 Å². The van der Waals surface area contributed by atoms with E-state index in [2.05, 4.69) is 20.5 Å². The number of carbonyl (C=O) groups excluding carboxylic acids is 1. The zero-order chi connectivity index (χ0) is 18.5. The molecule has 0 radical (unpaired) electrons. The topological polar surface area (TPSA) is 70.7 Å². The maximum absolute atomic E-state index is 12.7. The van der Waals surface area contributed by atoms with Crippen molar-refractivity contribution in [3.8, 4) is 0 Å². The van der Waals surface area contributed by atoms with Gasteiger partial charge in [-0.3, -0.25) is 9.89 Å². The Kier molecular flexibility index (Phi) is 6.19. The molecule has 0 saturated carbocycles. The fourth-order valence-corrected chi connectivity index (χ4v) is 3.51. The zero-order valence-electron chi connectivity index (χ0n) is 13.9. The van der Waals surface area contributed by atoms with Crippen LogP contribution in [0.15, 0.2) is 53.9 Å². The van der Waals surface area contributed by atoms with E-state index in [0.29, 0.717) is 26.5 Å². The second-order valence-electron chi connectivity index (χ2n) is 5.61. The van der Waals surface area contributed by atoms with E-state index in [1.807, 2.05) is 37.3 Å². The quantitative estimate of drug-likeness (QED) is 0.571. The Bertz CT molecular complexity index is 902. The molecule has 5 nitrogen and oxygen atoms in total. The molecule has 0 aliphatic heterocycles. The fourth-order valence-electron chi connectivity index (χ4n) is 2.42. The molecule has 0 saturated heterocycles. The van der Waals surface area contributed by atoms with Crippen LogP contribution in [0.3, 0.4) is 0 Å². The Morgan fingerprint density at radius 1 is 1.23 bits per heavy atom. The first-order chi connectivity index (χ1) is 12.5. The van der Waals surface area contributed by atoms with Crippen molar-refractivity contribution < 1.29 is 4.79 Å². The van der Waals surface area contributed by atoms with Crippen LogP contribution in [0.25, 0.3) is 0 Å². The van der Waals surface area contributed by atoms with E-state index in [9.17, 15) is 4.79 Å². The first-order valence-corrected chi connectivity index (χ1v) is 9.60. The standard InChI is InChI=1S/C18H16Cl2N4OS/c1-11(12-6-7-15(19)16(20)8-12)23-17(25)14-5-3-2-4-13(14)9-26-18-21-10-22-24-18/h2-8,10-11H,9H2,1H3,(H,23,25)(H,21,22,24). The van der Waals surface area contributed by atoms with Gasteiger partial charge in [-0.05, 0) is 36.2 Å². The first-order valence-electron chi connectivity index (χ1n) is 7.86. The lowest BCUT2D eigenvalue weighted by molar-refractivity contribution is 0.0939. The Morgan fingerprint density at radius 2 is 2.04 bits per heavy atom. The molecule has 1 unspecified atom stereocenters. The summed E-state index contributed by atoms with van der Waals surface area (Å²) in [7, 11) is 0. The van der Waals surface area contributed by atoms with Gasteiger partial charge in [-0.15, -0.1) is 0 Å². The predicted octanol–water partition coefficient (Wildman–Crippen LogP) is 4.89. The number of rotatable bonds is 6. The number of H-pyrrole nitrogens is 1. The molecule has 2 aromatic carbocycles. The van der Waals surface area contributed by atoms with E-state index in [0.717, 1.165) is 11.1 Å². The maximum Gasteiger partial charge on any atom is 0.252 e. The number of hydrogen-bond acceptors (Lipinski definition) is 4. The van der Waals surface area contributed by atoms with E-state index in [1.54, 1.807) is 12.1 Å². The molecule has 1 atom stereocenters. The third kappa shape index (κ3) is 4.58. The highest BCUT2D eigenvalue weighted by atomic mass is 35.5. The number of nitrogens with one attached hydrogen (secondary N) is 2. The van der Waals surface area contributed by atoms with Crippen LogP contribution in [-0.2, 0) is 5.75 Å². The van der Waals surface area contributed by atoms with Crippen molar-refractivity contribution in [1.82, 2.24) is 20.5 Å². The second-order valence-corrected chi connectivity index (χ2v) is 7.38. The lowest BCUT2D eigenvalue weighted by atomic mass is 10.1. The lowest BCUT2D eigenvalue weighted by Crippen LogP contribution is -2.27. The summed E-state index contributed by atoms with van der Waals surface area (Å²) in [6.45, 7) is 1.91. The molecule has 0 bridgehead atoms. The van der Waals surface area contributed by atoms with Gasteiger partial charge < -0.3 is 5.32 Å². The summed E-state index contributed by atoms with van der Waals surface area (Å²) in [5.41, 5.74) is 2.44. The van der Waals surface area contributed by atoms with Crippen molar-refractivity contribution in [2.24, 2.45) is 0 Å². The number of nitrogens with zero attached hydrogens (tertiary/aromatic N) is 2. The van der Waals surface area contributed by atoms with Gasteiger partial charge in [0.15, 0.2) is 5.16 Å². The lowest BCUT2D eigenvalue weighted by Gasteiger charge is -2.16. The largest absolute Gasteiger partial charge is 0.346 e. The van der Waals surface area contributed by atoms with Crippen LogP contribution < -0.4 is 5.32 Å². The minimum Gasteiger partial charge on any atom is -0.346 e. The van der Waals surface area contributed by atoms with Crippen LogP contribution in [0.2, 0.25) is 10.0 Å². The predicted molar refractivity (Wildman–Crippen MR) is 105 cm³/mol. The van der Waals surface area contributed by atoms with Gasteiger partial charge >= 0.3 is 0 Å². The van der Waals surface area contributed by atoms with Crippen LogP contribution in [0.4, 0.5) is 0 Å². The Labute approximate surface area is 165 Å². The molecule has 1 amide bonds. The average molecular weight is 407 g/mol. The summed E-state index contributed by atoms with van der Waals surface area (Å²) in [4.78, 5) is 16.8. The maximum atomic E-state index is 12.7. The summed E-state index contributed by atoms with van der Waals surface area (Å²) < 4.78 is 0. The normalized spacial score (nSPS) is 12.0. The molecule has 2 N–H and O–H groups in total. The van der Waals surface area contributed by atoms with Gasteiger partial charge in [0, 0.05) is 11.3 Å². The highest BCUT2D eigenvalue weighted by Gasteiger charge is 2.15. The molecular formula is C18H16Cl2N4OS.